The summed E-state index contributed by atoms with van der Waals surface area (Å²) in [6.07, 6.45) is 4.64. The smallest absolute Gasteiger partial charge is 0.252 e. The number of carbonyl (C=O) groups excluding carboxylic acids is 1. The molecule has 0 saturated carbocycles. The van der Waals surface area contributed by atoms with Crippen LogP contribution in [0.2, 0.25) is 0 Å². The average molecular weight is 474 g/mol. The van der Waals surface area contributed by atoms with Gasteiger partial charge in [0.1, 0.15) is 11.7 Å². The van der Waals surface area contributed by atoms with Gasteiger partial charge in [0.15, 0.2) is 0 Å². The number of benzene rings is 2. The number of anilines is 1. The maximum absolute atomic E-state index is 13.1. The summed E-state index contributed by atoms with van der Waals surface area (Å²) in [4.78, 5) is 17.2. The highest BCUT2D eigenvalue weighted by Gasteiger charge is 2.54. The van der Waals surface area contributed by atoms with Gasteiger partial charge in [-0.15, -0.1) is 0 Å². The molecule has 35 heavy (non-hydrogen) atoms. The molecule has 2 bridgehead atoms. The van der Waals surface area contributed by atoms with E-state index < -0.39 is 5.60 Å². The third kappa shape index (κ3) is 4.54. The van der Waals surface area contributed by atoms with Crippen LogP contribution < -0.4 is 5.32 Å². The standard InChI is InChI=1S/C29H35N3O3/c1-4-24-26(28(33)31(2)3)25-14-15-29(24,35-25)27(30-23-8-6-5-7-9-23)22-12-10-21(11-13-22)20-32-16-18-34-19-17-32/h5-15,25,27,30H,4,16-20H2,1-3H3. The number of fused-ring (bicyclic) bond motifs is 2. The molecule has 1 saturated heterocycles. The van der Waals surface area contributed by atoms with Gasteiger partial charge in [0.25, 0.3) is 5.91 Å². The normalized spacial score (nSPS) is 24.6. The van der Waals surface area contributed by atoms with E-state index in [1.54, 1.807) is 19.0 Å². The van der Waals surface area contributed by atoms with Gasteiger partial charge in [-0.2, -0.15) is 0 Å². The minimum atomic E-state index is -0.706. The summed E-state index contributed by atoms with van der Waals surface area (Å²) in [6.45, 7) is 6.57. The Bertz CT molecular complexity index is 1100. The van der Waals surface area contributed by atoms with Crippen molar-refractivity contribution in [2.24, 2.45) is 0 Å². The summed E-state index contributed by atoms with van der Waals surface area (Å²) in [6, 6.07) is 18.9. The van der Waals surface area contributed by atoms with E-state index in [-0.39, 0.29) is 18.1 Å². The molecule has 0 aliphatic carbocycles. The summed E-state index contributed by atoms with van der Waals surface area (Å²) < 4.78 is 12.2. The summed E-state index contributed by atoms with van der Waals surface area (Å²) in [7, 11) is 3.61. The first-order valence-corrected chi connectivity index (χ1v) is 12.5. The lowest BCUT2D eigenvalue weighted by molar-refractivity contribution is -0.125. The zero-order chi connectivity index (χ0) is 24.4. The van der Waals surface area contributed by atoms with Crippen LogP contribution in [-0.2, 0) is 20.8 Å². The van der Waals surface area contributed by atoms with Crippen LogP contribution in [0.5, 0.6) is 0 Å². The molecule has 184 valence electrons. The molecule has 6 nitrogen and oxygen atoms in total. The highest BCUT2D eigenvalue weighted by Crippen LogP contribution is 2.52. The van der Waals surface area contributed by atoms with Gasteiger partial charge in [-0.05, 0) is 41.3 Å². The van der Waals surface area contributed by atoms with Gasteiger partial charge in [-0.25, -0.2) is 0 Å². The molecular weight excluding hydrogens is 438 g/mol. The van der Waals surface area contributed by atoms with E-state index in [1.807, 2.05) is 24.3 Å². The van der Waals surface area contributed by atoms with Gasteiger partial charge in [0.05, 0.1) is 24.8 Å². The van der Waals surface area contributed by atoms with Gasteiger partial charge < -0.3 is 19.7 Å². The Labute approximate surface area is 208 Å². The van der Waals surface area contributed by atoms with Crippen molar-refractivity contribution in [3.63, 3.8) is 0 Å². The maximum atomic E-state index is 13.1. The van der Waals surface area contributed by atoms with Crippen molar-refractivity contribution >= 4 is 11.6 Å². The molecule has 1 N–H and O–H groups in total. The number of morpholine rings is 1. The first-order chi connectivity index (χ1) is 17.0. The fraction of sp³-hybridized carbons (Fsp3) is 0.414. The molecule has 6 heteroatoms. The predicted molar refractivity (Wildman–Crippen MR) is 138 cm³/mol. The Hall–Kier alpha value is -2.93. The highest BCUT2D eigenvalue weighted by atomic mass is 16.5. The number of carbonyl (C=O) groups is 1. The molecule has 3 aliphatic rings. The molecule has 0 radical (unpaired) electrons. The van der Waals surface area contributed by atoms with Crippen molar-refractivity contribution in [2.75, 3.05) is 45.7 Å². The Morgan fingerprint density at radius 3 is 2.49 bits per heavy atom. The molecule has 0 spiro atoms. The van der Waals surface area contributed by atoms with Crippen LogP contribution in [-0.4, -0.2) is 67.8 Å². The van der Waals surface area contributed by atoms with Gasteiger partial charge in [-0.3, -0.25) is 9.69 Å². The van der Waals surface area contributed by atoms with Gasteiger partial charge in [0.2, 0.25) is 0 Å². The number of ether oxygens (including phenoxy) is 2. The molecule has 5 rings (SSSR count). The molecule has 0 aromatic heterocycles. The van der Waals surface area contributed by atoms with Crippen LogP contribution in [0.15, 0.2) is 77.9 Å². The average Bonchev–Trinajstić information content (AvgIpc) is 3.46. The molecule has 3 atom stereocenters. The topological polar surface area (TPSA) is 54.0 Å². The number of hydrogen-bond donors (Lipinski definition) is 1. The second-order valence-electron chi connectivity index (χ2n) is 9.71. The van der Waals surface area contributed by atoms with Crippen molar-refractivity contribution in [2.45, 2.75) is 37.6 Å². The fourth-order valence-corrected chi connectivity index (χ4v) is 5.50. The first-order valence-electron chi connectivity index (χ1n) is 12.5. The zero-order valence-electron chi connectivity index (χ0n) is 20.9. The lowest BCUT2D eigenvalue weighted by Crippen LogP contribution is -2.40. The summed E-state index contributed by atoms with van der Waals surface area (Å²) in [5.41, 5.74) is 4.58. The van der Waals surface area contributed by atoms with Crippen LogP contribution in [0.3, 0.4) is 0 Å². The van der Waals surface area contributed by atoms with Gasteiger partial charge in [0, 0.05) is 39.4 Å². The van der Waals surface area contributed by atoms with E-state index in [2.05, 4.69) is 59.6 Å². The van der Waals surface area contributed by atoms with Gasteiger partial charge in [-0.1, -0.05) is 55.5 Å². The largest absolute Gasteiger partial charge is 0.379 e. The van der Waals surface area contributed by atoms with E-state index >= 15 is 0 Å². The Balaban J connectivity index is 1.50. The van der Waals surface area contributed by atoms with E-state index in [0.29, 0.717) is 0 Å². The molecule has 3 aliphatic heterocycles. The molecule has 2 aromatic rings. The van der Waals surface area contributed by atoms with Crippen LogP contribution in [0, 0.1) is 0 Å². The fourth-order valence-electron chi connectivity index (χ4n) is 5.50. The van der Waals surface area contributed by atoms with Crippen molar-refractivity contribution in [1.29, 1.82) is 0 Å². The number of rotatable bonds is 8. The van der Waals surface area contributed by atoms with Crippen molar-refractivity contribution in [3.8, 4) is 0 Å². The molecule has 1 fully saturated rings. The number of nitrogens with one attached hydrogen (secondary N) is 1. The third-order valence-electron chi connectivity index (χ3n) is 7.25. The quantitative estimate of drug-likeness (QED) is 0.583. The predicted octanol–water partition coefficient (Wildman–Crippen LogP) is 4.17. The van der Waals surface area contributed by atoms with Crippen LogP contribution in [0.1, 0.15) is 30.5 Å². The van der Waals surface area contributed by atoms with E-state index in [1.165, 1.54) is 5.56 Å². The highest BCUT2D eigenvalue weighted by molar-refractivity contribution is 5.97. The Kier molecular flexibility index (Phi) is 6.78. The Morgan fingerprint density at radius 2 is 1.83 bits per heavy atom. The minimum absolute atomic E-state index is 0.0254. The summed E-state index contributed by atoms with van der Waals surface area (Å²) in [5.74, 6) is 0.0254. The summed E-state index contributed by atoms with van der Waals surface area (Å²) >= 11 is 0. The van der Waals surface area contributed by atoms with Crippen molar-refractivity contribution in [3.05, 3.63) is 89.0 Å². The van der Waals surface area contributed by atoms with E-state index in [4.69, 9.17) is 9.47 Å². The van der Waals surface area contributed by atoms with Crippen LogP contribution >= 0.6 is 0 Å². The second-order valence-corrected chi connectivity index (χ2v) is 9.71. The molecule has 1 amide bonds. The zero-order valence-corrected chi connectivity index (χ0v) is 20.9. The lowest BCUT2D eigenvalue weighted by Gasteiger charge is -2.37. The first kappa shape index (κ1) is 23.8. The van der Waals surface area contributed by atoms with E-state index in [9.17, 15) is 4.79 Å². The van der Waals surface area contributed by atoms with Crippen molar-refractivity contribution < 1.29 is 14.3 Å². The molecule has 3 heterocycles. The second kappa shape index (κ2) is 9.97. The van der Waals surface area contributed by atoms with Gasteiger partial charge >= 0.3 is 0 Å². The number of likely N-dealkylation sites (N-methyl/N-ethyl adjacent to an activating group) is 1. The molecule has 3 unspecified atom stereocenters. The Morgan fingerprint density at radius 1 is 1.11 bits per heavy atom. The lowest BCUT2D eigenvalue weighted by atomic mass is 9.77. The number of para-hydroxylation sites is 1. The minimum Gasteiger partial charge on any atom is -0.379 e. The number of nitrogens with zero attached hydrogens (tertiary/aromatic N) is 2. The molecule has 2 aromatic carbocycles. The maximum Gasteiger partial charge on any atom is 0.252 e. The van der Waals surface area contributed by atoms with Crippen LogP contribution in [0.4, 0.5) is 5.69 Å². The SMILES string of the molecule is CCC1=C(C(=O)N(C)C)C2C=CC1(C(Nc1ccccc1)c1ccc(CN3CCOCC3)cc1)O2. The van der Waals surface area contributed by atoms with E-state index in [0.717, 1.165) is 61.7 Å². The number of amides is 1. The number of hydrogen-bond acceptors (Lipinski definition) is 5. The van der Waals surface area contributed by atoms with Crippen LogP contribution in [0.25, 0.3) is 0 Å². The summed E-state index contributed by atoms with van der Waals surface area (Å²) in [5, 5.41) is 3.75. The third-order valence-corrected chi connectivity index (χ3v) is 7.25. The molecular formula is C29H35N3O3. The monoisotopic (exact) mass is 473 g/mol. The van der Waals surface area contributed by atoms with Crippen molar-refractivity contribution in [1.82, 2.24) is 9.80 Å².